The van der Waals surface area contributed by atoms with Crippen molar-refractivity contribution >= 4 is 37.8 Å². The summed E-state index contributed by atoms with van der Waals surface area (Å²) in [7, 11) is 0. The van der Waals surface area contributed by atoms with Crippen molar-refractivity contribution in [2.24, 2.45) is 0 Å². The van der Waals surface area contributed by atoms with Crippen LogP contribution in [0, 0.1) is 0 Å². The van der Waals surface area contributed by atoms with Crippen LogP contribution in [0.5, 0.6) is 0 Å². The Balaban J connectivity index is 2.72. The number of rotatable bonds is 4. The second-order valence-electron chi connectivity index (χ2n) is 3.23. The fourth-order valence-electron chi connectivity index (χ4n) is 1.26. The number of carbonyl (C=O) groups excluding carboxylic acids is 1. The third-order valence-electron chi connectivity index (χ3n) is 1.93. The van der Waals surface area contributed by atoms with Gasteiger partial charge in [-0.3, -0.25) is 4.79 Å². The molecule has 1 atom stereocenters. The molecular formula is C11H12Br2O3. The van der Waals surface area contributed by atoms with E-state index in [1.165, 1.54) is 0 Å². The maximum atomic E-state index is 11.2. The average molecular weight is 352 g/mol. The Morgan fingerprint density at radius 3 is 2.44 bits per heavy atom. The maximum Gasteiger partial charge on any atom is 0.308 e. The summed E-state index contributed by atoms with van der Waals surface area (Å²) >= 11 is 6.64. The standard InChI is InChI=1S/C11H12Br2O3/c1-2-16-11(15)6-10(14)7-3-8(12)5-9(13)4-7/h3-5,10,14H,2,6H2,1H3. The van der Waals surface area contributed by atoms with E-state index in [0.717, 1.165) is 8.95 Å². The summed E-state index contributed by atoms with van der Waals surface area (Å²) in [5.74, 6) is -0.397. The van der Waals surface area contributed by atoms with Crippen LogP contribution in [-0.4, -0.2) is 17.7 Å². The molecule has 1 aromatic rings. The number of ether oxygens (including phenoxy) is 1. The molecule has 1 unspecified atom stereocenters. The second kappa shape index (κ2) is 6.37. The Hall–Kier alpha value is -0.390. The summed E-state index contributed by atoms with van der Waals surface area (Å²) in [6.45, 7) is 2.06. The summed E-state index contributed by atoms with van der Waals surface area (Å²) in [6, 6.07) is 5.41. The molecule has 0 spiro atoms. The summed E-state index contributed by atoms with van der Waals surface area (Å²) < 4.78 is 6.47. The van der Waals surface area contributed by atoms with Gasteiger partial charge in [-0.05, 0) is 30.7 Å². The van der Waals surface area contributed by atoms with Crippen LogP contribution in [0.15, 0.2) is 27.1 Å². The number of aliphatic hydroxyl groups is 1. The maximum absolute atomic E-state index is 11.2. The normalized spacial score (nSPS) is 12.2. The van der Waals surface area contributed by atoms with E-state index in [1.807, 2.05) is 6.07 Å². The van der Waals surface area contributed by atoms with Crippen molar-refractivity contribution in [1.29, 1.82) is 0 Å². The van der Waals surface area contributed by atoms with Crippen LogP contribution >= 0.6 is 31.9 Å². The average Bonchev–Trinajstić information content (AvgIpc) is 2.16. The lowest BCUT2D eigenvalue weighted by Crippen LogP contribution is -2.10. The molecule has 0 aromatic heterocycles. The van der Waals surface area contributed by atoms with Crippen LogP contribution < -0.4 is 0 Å². The number of halogens is 2. The number of aliphatic hydroxyl groups excluding tert-OH is 1. The van der Waals surface area contributed by atoms with Gasteiger partial charge in [-0.1, -0.05) is 31.9 Å². The Bertz CT molecular complexity index is 359. The highest BCUT2D eigenvalue weighted by molar-refractivity contribution is 9.11. The zero-order chi connectivity index (χ0) is 12.1. The van der Waals surface area contributed by atoms with E-state index < -0.39 is 12.1 Å². The van der Waals surface area contributed by atoms with Gasteiger partial charge in [0.25, 0.3) is 0 Å². The SMILES string of the molecule is CCOC(=O)CC(O)c1cc(Br)cc(Br)c1. The lowest BCUT2D eigenvalue weighted by molar-refractivity contribution is -0.145. The molecule has 0 saturated carbocycles. The van der Waals surface area contributed by atoms with E-state index in [2.05, 4.69) is 31.9 Å². The molecule has 0 aliphatic heterocycles. The Morgan fingerprint density at radius 2 is 1.94 bits per heavy atom. The van der Waals surface area contributed by atoms with Gasteiger partial charge in [-0.15, -0.1) is 0 Å². The summed E-state index contributed by atoms with van der Waals surface area (Å²) in [6.07, 6.45) is -0.871. The van der Waals surface area contributed by atoms with Gasteiger partial charge < -0.3 is 9.84 Å². The molecule has 88 valence electrons. The number of carbonyl (C=O) groups is 1. The van der Waals surface area contributed by atoms with Crippen molar-refractivity contribution in [1.82, 2.24) is 0 Å². The predicted molar refractivity (Wildman–Crippen MR) is 68.1 cm³/mol. The second-order valence-corrected chi connectivity index (χ2v) is 5.06. The summed E-state index contributed by atoms with van der Waals surface area (Å²) in [4.78, 5) is 11.2. The van der Waals surface area contributed by atoms with Gasteiger partial charge in [0.05, 0.1) is 19.1 Å². The topological polar surface area (TPSA) is 46.5 Å². The van der Waals surface area contributed by atoms with Crippen molar-refractivity contribution < 1.29 is 14.6 Å². The molecule has 0 aliphatic carbocycles. The van der Waals surface area contributed by atoms with Crippen LogP contribution in [0.3, 0.4) is 0 Å². The number of hydrogen-bond acceptors (Lipinski definition) is 3. The summed E-state index contributed by atoms with van der Waals surface area (Å²) in [5.41, 5.74) is 0.675. The first kappa shape index (κ1) is 13.7. The van der Waals surface area contributed by atoms with Crippen molar-refractivity contribution in [2.45, 2.75) is 19.4 Å². The Morgan fingerprint density at radius 1 is 1.38 bits per heavy atom. The first-order valence-corrected chi connectivity index (χ1v) is 6.41. The molecule has 0 bridgehead atoms. The van der Waals surface area contributed by atoms with E-state index in [4.69, 9.17) is 4.74 Å². The summed E-state index contributed by atoms with van der Waals surface area (Å²) in [5, 5.41) is 9.82. The number of benzene rings is 1. The smallest absolute Gasteiger partial charge is 0.308 e. The molecule has 1 aromatic carbocycles. The Labute approximate surface area is 111 Å². The van der Waals surface area contributed by atoms with Crippen LogP contribution in [0.2, 0.25) is 0 Å². The zero-order valence-corrected chi connectivity index (χ0v) is 11.9. The van der Waals surface area contributed by atoms with Gasteiger partial charge >= 0.3 is 5.97 Å². The molecule has 0 amide bonds. The molecule has 1 N–H and O–H groups in total. The third-order valence-corrected chi connectivity index (χ3v) is 2.85. The predicted octanol–water partition coefficient (Wildman–Crippen LogP) is 3.20. The van der Waals surface area contributed by atoms with Crippen molar-refractivity contribution in [3.8, 4) is 0 Å². The van der Waals surface area contributed by atoms with E-state index in [0.29, 0.717) is 12.2 Å². The van der Waals surface area contributed by atoms with Crippen LogP contribution in [-0.2, 0) is 9.53 Å². The zero-order valence-electron chi connectivity index (χ0n) is 8.74. The molecule has 1 rings (SSSR count). The molecule has 0 radical (unpaired) electrons. The molecule has 0 saturated heterocycles. The lowest BCUT2D eigenvalue weighted by atomic mass is 10.1. The van der Waals surface area contributed by atoms with Crippen LogP contribution in [0.1, 0.15) is 25.0 Å². The third kappa shape index (κ3) is 4.23. The molecule has 0 aliphatic rings. The van der Waals surface area contributed by atoms with Gasteiger partial charge in [0.1, 0.15) is 0 Å². The largest absolute Gasteiger partial charge is 0.466 e. The van der Waals surface area contributed by atoms with Crippen LogP contribution in [0.25, 0.3) is 0 Å². The van der Waals surface area contributed by atoms with E-state index in [1.54, 1.807) is 19.1 Å². The Kier molecular flexibility index (Phi) is 5.44. The van der Waals surface area contributed by atoms with Crippen molar-refractivity contribution in [3.63, 3.8) is 0 Å². The lowest BCUT2D eigenvalue weighted by Gasteiger charge is -2.11. The van der Waals surface area contributed by atoms with E-state index in [9.17, 15) is 9.90 Å². The quantitative estimate of drug-likeness (QED) is 0.847. The fourth-order valence-corrected chi connectivity index (χ4v) is 2.59. The van der Waals surface area contributed by atoms with Gasteiger partial charge in [0, 0.05) is 8.95 Å². The molecule has 5 heteroatoms. The molecule has 16 heavy (non-hydrogen) atoms. The fraction of sp³-hybridized carbons (Fsp3) is 0.364. The van der Waals surface area contributed by atoms with E-state index >= 15 is 0 Å². The van der Waals surface area contributed by atoms with Crippen LogP contribution in [0.4, 0.5) is 0 Å². The minimum atomic E-state index is -0.840. The van der Waals surface area contributed by atoms with Crippen molar-refractivity contribution in [3.05, 3.63) is 32.7 Å². The van der Waals surface area contributed by atoms with Gasteiger partial charge in [-0.25, -0.2) is 0 Å². The minimum absolute atomic E-state index is 0.0310. The molecular weight excluding hydrogens is 340 g/mol. The molecule has 0 fully saturated rings. The minimum Gasteiger partial charge on any atom is -0.466 e. The first-order chi connectivity index (χ1) is 7.52. The highest BCUT2D eigenvalue weighted by Gasteiger charge is 2.14. The number of esters is 1. The highest BCUT2D eigenvalue weighted by Crippen LogP contribution is 2.25. The highest BCUT2D eigenvalue weighted by atomic mass is 79.9. The van der Waals surface area contributed by atoms with Gasteiger partial charge in [0.2, 0.25) is 0 Å². The monoisotopic (exact) mass is 350 g/mol. The first-order valence-electron chi connectivity index (χ1n) is 4.82. The van der Waals surface area contributed by atoms with E-state index in [-0.39, 0.29) is 6.42 Å². The van der Waals surface area contributed by atoms with Gasteiger partial charge in [-0.2, -0.15) is 0 Å². The molecule has 0 heterocycles. The van der Waals surface area contributed by atoms with Crippen molar-refractivity contribution in [2.75, 3.05) is 6.61 Å². The number of hydrogen-bond donors (Lipinski definition) is 1. The molecule has 3 nitrogen and oxygen atoms in total. The van der Waals surface area contributed by atoms with Gasteiger partial charge in [0.15, 0.2) is 0 Å².